The lowest BCUT2D eigenvalue weighted by atomic mass is 9.84. The maximum atomic E-state index is 14.8. The van der Waals surface area contributed by atoms with Gasteiger partial charge in [0.25, 0.3) is 5.91 Å². The maximum absolute atomic E-state index is 14.8. The second-order valence-corrected chi connectivity index (χ2v) is 19.1. The van der Waals surface area contributed by atoms with Crippen LogP contribution < -0.4 is 10.7 Å². The van der Waals surface area contributed by atoms with Crippen LogP contribution in [0, 0.1) is 17.3 Å². The van der Waals surface area contributed by atoms with Crippen molar-refractivity contribution in [1.29, 1.82) is 0 Å². The molecule has 4 aromatic rings. The number of likely N-dealkylation sites (tertiary alicyclic amines) is 1. The lowest BCUT2D eigenvalue weighted by molar-refractivity contribution is -0.155. The molecular weight excluding hydrogens is 835 g/mol. The van der Waals surface area contributed by atoms with E-state index in [4.69, 9.17) is 14.5 Å². The Bertz CT molecular complexity index is 2480. The second-order valence-electron chi connectivity index (χ2n) is 19.1. The van der Waals surface area contributed by atoms with Gasteiger partial charge in [-0.1, -0.05) is 64.6 Å². The molecule has 0 saturated carbocycles. The fourth-order valence-electron chi connectivity index (χ4n) is 10.1. The van der Waals surface area contributed by atoms with Crippen LogP contribution in [0.5, 0.6) is 0 Å². The van der Waals surface area contributed by atoms with Crippen LogP contribution in [0.3, 0.4) is 0 Å². The summed E-state index contributed by atoms with van der Waals surface area (Å²) in [5.41, 5.74) is 10.5. The number of carbonyl (C=O) groups excluding carboxylic acids is 5. The Morgan fingerprint density at radius 1 is 1.05 bits per heavy atom. The predicted molar refractivity (Wildman–Crippen MR) is 255 cm³/mol. The number of pyridine rings is 1. The number of hydrogen-bond donors (Lipinski definition) is 2. The average Bonchev–Trinajstić information content (AvgIpc) is 3.94. The standard InChI is InChI=1S/C52H67N7O7/c1-10-44(60)56-25-22-37(30-56)49(62)58(12-3)46(32(4)5)48(61)54-42-27-34-16-13-17-35(26-34)36-20-21-43-39(28-36)40(47(57(43)11-2)38-18-14-23-53-45(38)33(6)65-9)29-52(7,8)31-66-51(64)41-19-15-24-59(55-41)50(42)63/h10,13-14,16-18,20-21,23,26,28,32-33,37,41-42,46,55H,1,11-12,15,19,22,24-25,27,29-31H2,2-9H3,(H,54,61)/t33-,37-,41-,42-,46?/m0/s1. The number of methoxy groups -OCH3 is 1. The number of benzene rings is 2. The third-order valence-electron chi connectivity index (χ3n) is 13.5. The third-order valence-corrected chi connectivity index (χ3v) is 13.5. The minimum atomic E-state index is -1.05. The van der Waals surface area contributed by atoms with Gasteiger partial charge in [0.1, 0.15) is 18.1 Å². The summed E-state index contributed by atoms with van der Waals surface area (Å²) in [6.45, 7) is 19.7. The fourth-order valence-corrected chi connectivity index (χ4v) is 10.1. The lowest BCUT2D eigenvalue weighted by Crippen LogP contribution is -2.62. The molecule has 0 aliphatic carbocycles. The number of hydrogen-bond acceptors (Lipinski definition) is 9. The molecule has 66 heavy (non-hydrogen) atoms. The molecule has 2 saturated heterocycles. The van der Waals surface area contributed by atoms with Crippen LogP contribution >= 0.6 is 0 Å². The molecule has 3 aliphatic rings. The molecule has 0 radical (unpaired) electrons. The van der Waals surface area contributed by atoms with E-state index in [0.29, 0.717) is 45.3 Å². The summed E-state index contributed by atoms with van der Waals surface area (Å²) in [5.74, 6) is -2.49. The molecule has 7 rings (SSSR count). The number of nitrogens with zero attached hydrogens (tertiary/aromatic N) is 5. The summed E-state index contributed by atoms with van der Waals surface area (Å²) in [6, 6.07) is 15.9. The fraction of sp³-hybridized carbons (Fsp3) is 0.500. The van der Waals surface area contributed by atoms with Gasteiger partial charge in [-0.05, 0) is 105 Å². The van der Waals surface area contributed by atoms with Crippen molar-refractivity contribution in [2.75, 3.05) is 39.9 Å². The minimum absolute atomic E-state index is 0.137. The van der Waals surface area contributed by atoms with Gasteiger partial charge >= 0.3 is 5.97 Å². The number of fused-ring (bicyclic) bond motifs is 6. The van der Waals surface area contributed by atoms with Crippen LogP contribution in [0.1, 0.15) is 90.7 Å². The van der Waals surface area contributed by atoms with Crippen LogP contribution in [0.25, 0.3) is 33.3 Å². The Hall–Kier alpha value is -5.86. The van der Waals surface area contributed by atoms with Gasteiger partial charge in [0.05, 0.1) is 30.0 Å². The molecule has 1 unspecified atom stereocenters. The summed E-state index contributed by atoms with van der Waals surface area (Å²) >= 11 is 0. The number of hydrazine groups is 1. The number of ether oxygens (including phenoxy) is 2. The smallest absolute Gasteiger partial charge is 0.324 e. The molecule has 5 heterocycles. The number of rotatable bonds is 11. The summed E-state index contributed by atoms with van der Waals surface area (Å²) in [6.07, 6.45) is 5.04. The van der Waals surface area contributed by atoms with Crippen molar-refractivity contribution in [3.05, 3.63) is 90.3 Å². The highest BCUT2D eigenvalue weighted by atomic mass is 16.5. The first-order valence-corrected chi connectivity index (χ1v) is 23.6. The topological polar surface area (TPSA) is 155 Å². The van der Waals surface area contributed by atoms with Gasteiger partial charge in [-0.25, -0.2) is 5.43 Å². The van der Waals surface area contributed by atoms with E-state index in [1.807, 2.05) is 45.9 Å². The van der Waals surface area contributed by atoms with Gasteiger partial charge in [-0.3, -0.25) is 34.0 Å². The Morgan fingerprint density at radius 2 is 1.82 bits per heavy atom. The highest BCUT2D eigenvalue weighted by Gasteiger charge is 2.41. The zero-order chi connectivity index (χ0) is 47.4. The van der Waals surface area contributed by atoms with E-state index < -0.39 is 47.2 Å². The molecule has 2 aromatic carbocycles. The zero-order valence-electron chi connectivity index (χ0n) is 39.9. The molecule has 6 bridgehead atoms. The Morgan fingerprint density at radius 3 is 2.53 bits per heavy atom. The van der Waals surface area contributed by atoms with Gasteiger partial charge in [0, 0.05) is 74.3 Å². The highest BCUT2D eigenvalue weighted by Crippen LogP contribution is 2.42. The van der Waals surface area contributed by atoms with Crippen molar-refractivity contribution >= 4 is 40.5 Å². The molecule has 2 aromatic heterocycles. The van der Waals surface area contributed by atoms with Gasteiger partial charge in [0.15, 0.2) is 0 Å². The van der Waals surface area contributed by atoms with Crippen molar-refractivity contribution < 1.29 is 33.4 Å². The van der Waals surface area contributed by atoms with Crippen molar-refractivity contribution in [2.45, 2.75) is 111 Å². The molecule has 5 atom stereocenters. The first kappa shape index (κ1) is 48.1. The molecule has 352 valence electrons. The highest BCUT2D eigenvalue weighted by molar-refractivity contribution is 5.96. The van der Waals surface area contributed by atoms with Crippen LogP contribution in [0.15, 0.2) is 73.4 Å². The van der Waals surface area contributed by atoms with Crippen molar-refractivity contribution in [1.82, 2.24) is 35.1 Å². The molecule has 2 fully saturated rings. The molecular formula is C52H67N7O7. The minimum Gasteiger partial charge on any atom is -0.464 e. The summed E-state index contributed by atoms with van der Waals surface area (Å²) in [7, 11) is 1.69. The number of likely N-dealkylation sites (N-methyl/N-ethyl adjacent to an activating group) is 1. The number of esters is 1. The lowest BCUT2D eigenvalue weighted by Gasteiger charge is -2.37. The van der Waals surface area contributed by atoms with Gasteiger partial charge in [-0.2, -0.15) is 0 Å². The number of carbonyl (C=O) groups is 5. The summed E-state index contributed by atoms with van der Waals surface area (Å²) < 4.78 is 14.3. The van der Waals surface area contributed by atoms with Gasteiger partial charge < -0.3 is 29.2 Å². The van der Waals surface area contributed by atoms with Crippen molar-refractivity contribution in [2.24, 2.45) is 17.3 Å². The number of nitrogens with one attached hydrogen (secondary N) is 2. The normalized spacial score (nSPS) is 21.0. The van der Waals surface area contributed by atoms with Crippen LogP contribution in [0.2, 0.25) is 0 Å². The SMILES string of the molecule is C=CC(=O)N1CC[C@H](C(=O)N(CC)C(C(=O)N[C@H]2Cc3cccc(c3)-c3ccc4c(c3)c(c(-c3cccnc3[C@H](C)OC)n4CC)CC(C)(C)COC(=O)[C@@H]3CCCN(N3)C2=O)C(C)C)C1. The Kier molecular flexibility index (Phi) is 14.8. The van der Waals surface area contributed by atoms with Crippen molar-refractivity contribution in [3.8, 4) is 22.4 Å². The number of aryl methyl sites for hydroxylation is 1. The molecule has 4 amide bonds. The van der Waals surface area contributed by atoms with E-state index in [9.17, 15) is 24.0 Å². The molecule has 14 nitrogen and oxygen atoms in total. The van der Waals surface area contributed by atoms with Crippen molar-refractivity contribution in [3.63, 3.8) is 0 Å². The number of aromatic nitrogens is 2. The first-order chi connectivity index (χ1) is 31.6. The number of cyclic esters (lactones) is 1. The zero-order valence-corrected chi connectivity index (χ0v) is 39.9. The van der Waals surface area contributed by atoms with E-state index >= 15 is 0 Å². The third kappa shape index (κ3) is 9.95. The summed E-state index contributed by atoms with van der Waals surface area (Å²) in [4.78, 5) is 77.9. The first-order valence-electron chi connectivity index (χ1n) is 23.6. The Balaban J connectivity index is 1.30. The van der Waals surface area contributed by atoms with E-state index in [2.05, 4.69) is 79.1 Å². The van der Waals surface area contributed by atoms with E-state index in [-0.39, 0.29) is 50.0 Å². The largest absolute Gasteiger partial charge is 0.464 e. The van der Waals surface area contributed by atoms with Gasteiger partial charge in [-0.15, -0.1) is 0 Å². The second kappa shape index (κ2) is 20.3. The molecule has 2 N–H and O–H groups in total. The molecule has 3 aliphatic heterocycles. The molecule has 14 heteroatoms. The average molecular weight is 902 g/mol. The quantitative estimate of drug-likeness (QED) is 0.124. The monoisotopic (exact) mass is 902 g/mol. The Labute approximate surface area is 389 Å². The van der Waals surface area contributed by atoms with Crippen LogP contribution in [-0.4, -0.2) is 112 Å². The molecule has 0 spiro atoms. The predicted octanol–water partition coefficient (Wildman–Crippen LogP) is 6.65. The van der Waals surface area contributed by atoms with Crippen LogP contribution in [-0.2, 0) is 52.8 Å². The maximum Gasteiger partial charge on any atom is 0.324 e. The van der Waals surface area contributed by atoms with E-state index in [1.54, 1.807) is 23.1 Å². The summed E-state index contributed by atoms with van der Waals surface area (Å²) in [5, 5.41) is 5.62. The van der Waals surface area contributed by atoms with Crippen LogP contribution in [0.4, 0.5) is 0 Å². The number of amides is 4. The van der Waals surface area contributed by atoms with E-state index in [0.717, 1.165) is 50.1 Å². The van der Waals surface area contributed by atoms with E-state index in [1.165, 1.54) is 11.1 Å². The van der Waals surface area contributed by atoms with Gasteiger partial charge in [0.2, 0.25) is 17.7 Å².